The number of methoxy groups -OCH3 is 2. The molecule has 4 aromatic rings. The SMILES string of the molecule is CCOC(=O)Cc1csc(NC(=O)CSc2nnc3c(C)cc4cc(OC)c(OC)cc4n23)n1. The maximum atomic E-state index is 12.5. The number of rotatable bonds is 9. The number of thioether (sulfide) groups is 1. The highest BCUT2D eigenvalue weighted by molar-refractivity contribution is 7.99. The zero-order chi connectivity index (χ0) is 24.2. The fraction of sp³-hybridized carbons (Fsp3) is 0.318. The summed E-state index contributed by atoms with van der Waals surface area (Å²) in [6.07, 6.45) is 0.0708. The van der Waals surface area contributed by atoms with Crippen LogP contribution in [0.2, 0.25) is 0 Å². The van der Waals surface area contributed by atoms with E-state index < -0.39 is 0 Å². The van der Waals surface area contributed by atoms with Crippen molar-refractivity contribution in [2.24, 2.45) is 0 Å². The van der Waals surface area contributed by atoms with Crippen molar-refractivity contribution in [2.45, 2.75) is 25.4 Å². The molecular weight excluding hydrogens is 478 g/mol. The van der Waals surface area contributed by atoms with Gasteiger partial charge in [-0.1, -0.05) is 11.8 Å². The number of aromatic nitrogens is 4. The molecule has 0 unspecified atom stereocenters. The summed E-state index contributed by atoms with van der Waals surface area (Å²) in [5.41, 5.74) is 3.04. The van der Waals surface area contributed by atoms with Crippen molar-refractivity contribution in [3.8, 4) is 11.5 Å². The molecule has 0 atom stereocenters. The van der Waals surface area contributed by atoms with Gasteiger partial charge in [0, 0.05) is 16.8 Å². The van der Waals surface area contributed by atoms with E-state index >= 15 is 0 Å². The molecule has 1 amide bonds. The highest BCUT2D eigenvalue weighted by Crippen LogP contribution is 2.34. The number of aryl methyl sites for hydroxylation is 1. The maximum absolute atomic E-state index is 12.5. The summed E-state index contributed by atoms with van der Waals surface area (Å²) in [5, 5.41) is 15.0. The lowest BCUT2D eigenvalue weighted by Gasteiger charge is -2.12. The maximum Gasteiger partial charge on any atom is 0.311 e. The van der Waals surface area contributed by atoms with Crippen molar-refractivity contribution in [3.63, 3.8) is 0 Å². The fourth-order valence-corrected chi connectivity index (χ4v) is 4.89. The number of esters is 1. The molecule has 1 aromatic carbocycles. The molecule has 4 rings (SSSR count). The smallest absolute Gasteiger partial charge is 0.311 e. The number of fused-ring (bicyclic) bond motifs is 3. The Morgan fingerprint density at radius 2 is 1.91 bits per heavy atom. The van der Waals surface area contributed by atoms with Gasteiger partial charge in [-0.2, -0.15) is 0 Å². The number of carbonyl (C=O) groups excluding carboxylic acids is 2. The van der Waals surface area contributed by atoms with E-state index in [4.69, 9.17) is 14.2 Å². The van der Waals surface area contributed by atoms with Crippen molar-refractivity contribution >= 4 is 56.7 Å². The van der Waals surface area contributed by atoms with Crippen molar-refractivity contribution in [3.05, 3.63) is 34.8 Å². The molecule has 3 heterocycles. The number of nitrogens with one attached hydrogen (secondary N) is 1. The second-order valence-corrected chi connectivity index (χ2v) is 9.00. The van der Waals surface area contributed by atoms with Crippen LogP contribution in [0.1, 0.15) is 18.2 Å². The van der Waals surface area contributed by atoms with Crippen LogP contribution in [0.4, 0.5) is 5.13 Å². The molecule has 0 saturated heterocycles. The molecule has 0 saturated carbocycles. The molecular formula is C22H23N5O5S2. The fourth-order valence-electron chi connectivity index (χ4n) is 3.42. The van der Waals surface area contributed by atoms with Gasteiger partial charge in [-0.3, -0.25) is 14.0 Å². The van der Waals surface area contributed by atoms with Crippen LogP contribution in [-0.4, -0.2) is 58.0 Å². The number of hydrogen-bond donors (Lipinski definition) is 1. The van der Waals surface area contributed by atoms with Crippen molar-refractivity contribution in [2.75, 3.05) is 31.9 Å². The van der Waals surface area contributed by atoms with Crippen LogP contribution >= 0.6 is 23.1 Å². The van der Waals surface area contributed by atoms with Crippen molar-refractivity contribution < 1.29 is 23.8 Å². The molecule has 10 nitrogen and oxygen atoms in total. The van der Waals surface area contributed by atoms with E-state index in [2.05, 4.69) is 20.5 Å². The number of hydrogen-bond acceptors (Lipinski definition) is 10. The Balaban J connectivity index is 1.52. The van der Waals surface area contributed by atoms with Crippen LogP contribution in [0.3, 0.4) is 0 Å². The Kier molecular flexibility index (Phi) is 7.17. The van der Waals surface area contributed by atoms with E-state index in [1.165, 1.54) is 23.1 Å². The van der Waals surface area contributed by atoms with Gasteiger partial charge in [0.25, 0.3) is 0 Å². The zero-order valence-corrected chi connectivity index (χ0v) is 20.7. The number of ether oxygens (including phenoxy) is 3. The molecule has 0 bridgehead atoms. The topological polar surface area (TPSA) is 117 Å². The van der Waals surface area contributed by atoms with E-state index in [-0.39, 0.29) is 24.1 Å². The van der Waals surface area contributed by atoms with Crippen LogP contribution in [0.5, 0.6) is 11.5 Å². The predicted molar refractivity (Wildman–Crippen MR) is 130 cm³/mol. The van der Waals surface area contributed by atoms with Crippen LogP contribution in [0, 0.1) is 6.92 Å². The van der Waals surface area contributed by atoms with Gasteiger partial charge in [-0.05, 0) is 31.5 Å². The quantitative estimate of drug-likeness (QED) is 0.272. The first-order chi connectivity index (χ1) is 16.4. The minimum atomic E-state index is -0.350. The Morgan fingerprint density at radius 3 is 2.65 bits per heavy atom. The van der Waals surface area contributed by atoms with Gasteiger partial charge in [-0.15, -0.1) is 21.5 Å². The average molecular weight is 502 g/mol. The first-order valence-electron chi connectivity index (χ1n) is 10.4. The van der Waals surface area contributed by atoms with Crippen LogP contribution in [0.15, 0.2) is 28.7 Å². The zero-order valence-electron chi connectivity index (χ0n) is 19.1. The molecule has 34 heavy (non-hydrogen) atoms. The summed E-state index contributed by atoms with van der Waals surface area (Å²) in [6, 6.07) is 5.78. The Labute approximate surface area is 203 Å². The Hall–Kier alpha value is -3.38. The predicted octanol–water partition coefficient (Wildman–Crippen LogP) is 3.50. The van der Waals surface area contributed by atoms with Crippen molar-refractivity contribution in [1.29, 1.82) is 0 Å². The third kappa shape index (κ3) is 4.92. The number of pyridine rings is 1. The summed E-state index contributed by atoms with van der Waals surface area (Å²) >= 11 is 2.52. The summed E-state index contributed by atoms with van der Waals surface area (Å²) in [5.74, 6) is 0.730. The summed E-state index contributed by atoms with van der Waals surface area (Å²) in [6.45, 7) is 4.02. The number of benzene rings is 1. The molecule has 3 aromatic heterocycles. The van der Waals surface area contributed by atoms with Crippen LogP contribution in [0.25, 0.3) is 16.6 Å². The van der Waals surface area contributed by atoms with Gasteiger partial charge in [-0.25, -0.2) is 4.98 Å². The van der Waals surface area contributed by atoms with Gasteiger partial charge < -0.3 is 19.5 Å². The standard InChI is InChI=1S/C22H23N5O5S2/c1-5-32-19(29)8-14-10-33-21(23-14)24-18(28)11-34-22-26-25-20-12(2)6-13-7-16(30-3)17(31-4)9-15(13)27(20)22/h6-7,9-10H,5,8,11H2,1-4H3,(H,23,24,28). The van der Waals surface area contributed by atoms with E-state index in [1.807, 2.05) is 29.5 Å². The van der Waals surface area contributed by atoms with E-state index in [9.17, 15) is 9.59 Å². The second kappa shape index (κ2) is 10.3. The van der Waals surface area contributed by atoms with Crippen LogP contribution in [-0.2, 0) is 20.7 Å². The normalized spacial score (nSPS) is 11.1. The number of anilines is 1. The largest absolute Gasteiger partial charge is 0.493 e. The highest BCUT2D eigenvalue weighted by atomic mass is 32.2. The lowest BCUT2D eigenvalue weighted by atomic mass is 10.1. The third-order valence-corrected chi connectivity index (χ3v) is 6.63. The lowest BCUT2D eigenvalue weighted by Crippen LogP contribution is -2.14. The summed E-state index contributed by atoms with van der Waals surface area (Å²) in [7, 11) is 3.17. The summed E-state index contributed by atoms with van der Waals surface area (Å²) in [4.78, 5) is 28.4. The molecule has 0 radical (unpaired) electrons. The first-order valence-corrected chi connectivity index (χ1v) is 12.2. The van der Waals surface area contributed by atoms with E-state index in [1.54, 1.807) is 26.5 Å². The van der Waals surface area contributed by atoms with Crippen LogP contribution < -0.4 is 14.8 Å². The van der Waals surface area contributed by atoms with Gasteiger partial charge in [0.1, 0.15) is 0 Å². The monoisotopic (exact) mass is 501 g/mol. The molecule has 0 aliphatic carbocycles. The van der Waals surface area contributed by atoms with Gasteiger partial charge in [0.2, 0.25) is 5.91 Å². The number of amides is 1. The molecule has 178 valence electrons. The van der Waals surface area contributed by atoms with Crippen molar-refractivity contribution in [1.82, 2.24) is 19.6 Å². The second-order valence-electron chi connectivity index (χ2n) is 7.20. The van der Waals surface area contributed by atoms with Gasteiger partial charge in [0.15, 0.2) is 27.4 Å². The number of carbonyl (C=O) groups is 2. The lowest BCUT2D eigenvalue weighted by molar-refractivity contribution is -0.142. The molecule has 0 aliphatic heterocycles. The van der Waals surface area contributed by atoms with Gasteiger partial charge in [0.05, 0.1) is 44.2 Å². The molecule has 12 heteroatoms. The minimum Gasteiger partial charge on any atom is -0.493 e. The number of nitrogens with zero attached hydrogens (tertiary/aromatic N) is 4. The Morgan fingerprint density at radius 1 is 1.15 bits per heavy atom. The van der Waals surface area contributed by atoms with E-state index in [0.29, 0.717) is 39.7 Å². The third-order valence-electron chi connectivity index (χ3n) is 4.89. The van der Waals surface area contributed by atoms with E-state index in [0.717, 1.165) is 16.5 Å². The number of thiazole rings is 1. The molecule has 0 fully saturated rings. The summed E-state index contributed by atoms with van der Waals surface area (Å²) < 4.78 is 17.7. The minimum absolute atomic E-state index is 0.0708. The van der Waals surface area contributed by atoms with Gasteiger partial charge >= 0.3 is 5.97 Å². The Bertz CT molecular complexity index is 1370. The molecule has 0 spiro atoms. The molecule has 0 aliphatic rings. The average Bonchev–Trinajstić information content (AvgIpc) is 3.44. The highest BCUT2D eigenvalue weighted by Gasteiger charge is 2.17. The molecule has 1 N–H and O–H groups in total. The first kappa shape index (κ1) is 23.8.